The predicted molar refractivity (Wildman–Crippen MR) is 52.2 cm³/mol. The molecule has 0 aliphatic heterocycles. The summed E-state index contributed by atoms with van der Waals surface area (Å²) in [5.41, 5.74) is -0.560. The van der Waals surface area contributed by atoms with Crippen molar-refractivity contribution in [2.75, 3.05) is 5.32 Å². The number of aryl methyl sites for hydroxylation is 1. The summed E-state index contributed by atoms with van der Waals surface area (Å²) in [6.45, 7) is 6.94. The first-order chi connectivity index (χ1) is 6.87. The molecular formula is C8H13N5O2. The third kappa shape index (κ3) is 4.30. The average molecular weight is 211 g/mol. The summed E-state index contributed by atoms with van der Waals surface area (Å²) in [4.78, 5) is 11.2. The van der Waals surface area contributed by atoms with E-state index in [1.54, 1.807) is 27.7 Å². The maximum atomic E-state index is 11.2. The van der Waals surface area contributed by atoms with Gasteiger partial charge in [-0.05, 0) is 27.7 Å². The zero-order valence-corrected chi connectivity index (χ0v) is 9.11. The van der Waals surface area contributed by atoms with Gasteiger partial charge in [0.05, 0.1) is 0 Å². The number of nitrogens with one attached hydrogen (secondary N) is 1. The Morgan fingerprint density at radius 2 is 1.73 bits per heavy atom. The number of ether oxygens (including phenoxy) is 1. The topological polar surface area (TPSA) is 89.9 Å². The lowest BCUT2D eigenvalue weighted by molar-refractivity contribution is 0.0634. The van der Waals surface area contributed by atoms with E-state index < -0.39 is 11.7 Å². The van der Waals surface area contributed by atoms with Crippen LogP contribution in [-0.4, -0.2) is 32.1 Å². The van der Waals surface area contributed by atoms with E-state index in [0.29, 0.717) is 5.82 Å². The minimum atomic E-state index is -0.630. The third-order valence-corrected chi connectivity index (χ3v) is 1.19. The van der Waals surface area contributed by atoms with Crippen molar-refractivity contribution in [2.45, 2.75) is 33.3 Å². The standard InChI is InChI=1S/C8H13N5O2/c1-5-10-12-6(13-11-5)9-7(14)15-8(2,3)4/h1-4H3,(H,9,12,13,14). The molecule has 7 nitrogen and oxygen atoms in total. The first kappa shape index (κ1) is 11.3. The largest absolute Gasteiger partial charge is 0.444 e. The van der Waals surface area contributed by atoms with Gasteiger partial charge in [-0.1, -0.05) is 0 Å². The van der Waals surface area contributed by atoms with E-state index in [1.165, 1.54) is 0 Å². The molecule has 0 unspecified atom stereocenters. The molecule has 0 saturated heterocycles. The number of nitrogens with zero attached hydrogens (tertiary/aromatic N) is 4. The Hall–Kier alpha value is -1.79. The summed E-state index contributed by atoms with van der Waals surface area (Å²) < 4.78 is 4.99. The summed E-state index contributed by atoms with van der Waals surface area (Å²) in [7, 11) is 0. The van der Waals surface area contributed by atoms with Gasteiger partial charge in [0.25, 0.3) is 5.95 Å². The van der Waals surface area contributed by atoms with E-state index in [2.05, 4.69) is 25.7 Å². The third-order valence-electron chi connectivity index (χ3n) is 1.19. The Bertz CT molecular complexity index is 343. The number of carbonyl (C=O) groups excluding carboxylic acids is 1. The Labute approximate surface area is 87.3 Å². The Morgan fingerprint density at radius 3 is 2.20 bits per heavy atom. The number of carbonyl (C=O) groups is 1. The average Bonchev–Trinajstić information content (AvgIpc) is 2.05. The molecule has 15 heavy (non-hydrogen) atoms. The highest BCUT2D eigenvalue weighted by Crippen LogP contribution is 2.07. The summed E-state index contributed by atoms with van der Waals surface area (Å²) in [5, 5.41) is 16.8. The lowest BCUT2D eigenvalue weighted by Crippen LogP contribution is -2.28. The lowest BCUT2D eigenvalue weighted by atomic mass is 10.2. The van der Waals surface area contributed by atoms with Crippen LogP contribution in [-0.2, 0) is 4.74 Å². The van der Waals surface area contributed by atoms with Gasteiger partial charge in [-0.2, -0.15) is 0 Å². The molecule has 0 bridgehead atoms. The van der Waals surface area contributed by atoms with Crippen LogP contribution in [0, 0.1) is 6.92 Å². The van der Waals surface area contributed by atoms with Gasteiger partial charge >= 0.3 is 6.09 Å². The van der Waals surface area contributed by atoms with Crippen molar-refractivity contribution >= 4 is 12.0 Å². The number of hydrogen-bond acceptors (Lipinski definition) is 6. The number of aromatic nitrogens is 4. The molecule has 0 spiro atoms. The molecule has 0 aliphatic rings. The molecule has 0 radical (unpaired) electrons. The molecule has 1 N–H and O–H groups in total. The first-order valence-corrected chi connectivity index (χ1v) is 4.41. The zero-order chi connectivity index (χ0) is 11.5. The van der Waals surface area contributed by atoms with Crippen LogP contribution in [0.5, 0.6) is 0 Å². The van der Waals surface area contributed by atoms with Crippen LogP contribution in [0.25, 0.3) is 0 Å². The number of hydrogen-bond donors (Lipinski definition) is 1. The highest BCUT2D eigenvalue weighted by atomic mass is 16.6. The second kappa shape index (κ2) is 4.16. The molecule has 1 amide bonds. The first-order valence-electron chi connectivity index (χ1n) is 4.41. The lowest BCUT2D eigenvalue weighted by Gasteiger charge is -2.18. The molecule has 0 saturated carbocycles. The highest BCUT2D eigenvalue weighted by Gasteiger charge is 2.17. The van der Waals surface area contributed by atoms with E-state index in [1.807, 2.05) is 0 Å². The molecular weight excluding hydrogens is 198 g/mol. The van der Waals surface area contributed by atoms with Crippen molar-refractivity contribution < 1.29 is 9.53 Å². The second-order valence-electron chi connectivity index (χ2n) is 3.90. The summed E-state index contributed by atoms with van der Waals surface area (Å²) in [5.74, 6) is 0.458. The van der Waals surface area contributed by atoms with E-state index in [9.17, 15) is 4.79 Å². The fourth-order valence-corrected chi connectivity index (χ4v) is 0.724. The molecule has 1 heterocycles. The van der Waals surface area contributed by atoms with Crippen molar-refractivity contribution in [2.24, 2.45) is 0 Å². The van der Waals surface area contributed by atoms with Crippen molar-refractivity contribution in [1.82, 2.24) is 20.4 Å². The van der Waals surface area contributed by atoms with Crippen LogP contribution in [0.2, 0.25) is 0 Å². The molecule has 0 aliphatic carbocycles. The molecule has 1 aromatic rings. The number of rotatable bonds is 1. The molecule has 0 fully saturated rings. The monoisotopic (exact) mass is 211 g/mol. The summed E-state index contributed by atoms with van der Waals surface area (Å²) in [6, 6.07) is 0. The molecule has 7 heteroatoms. The molecule has 1 aromatic heterocycles. The normalized spacial score (nSPS) is 10.9. The number of anilines is 1. The zero-order valence-electron chi connectivity index (χ0n) is 9.11. The van der Waals surface area contributed by atoms with E-state index >= 15 is 0 Å². The van der Waals surface area contributed by atoms with E-state index in [4.69, 9.17) is 4.74 Å². The van der Waals surface area contributed by atoms with Crippen LogP contribution in [0.3, 0.4) is 0 Å². The fraction of sp³-hybridized carbons (Fsp3) is 0.625. The Kier molecular flexibility index (Phi) is 3.13. The SMILES string of the molecule is Cc1nnc(NC(=O)OC(C)(C)C)nn1. The minimum absolute atomic E-state index is 0.0230. The van der Waals surface area contributed by atoms with Gasteiger partial charge in [0.2, 0.25) is 0 Å². The molecule has 82 valence electrons. The van der Waals surface area contributed by atoms with Gasteiger partial charge < -0.3 is 4.74 Å². The van der Waals surface area contributed by atoms with Gasteiger partial charge in [-0.3, -0.25) is 5.32 Å². The van der Waals surface area contributed by atoms with Crippen LogP contribution >= 0.6 is 0 Å². The quantitative estimate of drug-likeness (QED) is 0.742. The van der Waals surface area contributed by atoms with Crippen LogP contribution in [0.15, 0.2) is 0 Å². The molecule has 1 rings (SSSR count). The Balaban J connectivity index is 2.55. The maximum absolute atomic E-state index is 11.2. The summed E-state index contributed by atoms with van der Waals surface area (Å²) in [6.07, 6.45) is -0.630. The second-order valence-corrected chi connectivity index (χ2v) is 3.90. The van der Waals surface area contributed by atoms with E-state index in [0.717, 1.165) is 0 Å². The van der Waals surface area contributed by atoms with E-state index in [-0.39, 0.29) is 5.95 Å². The van der Waals surface area contributed by atoms with Crippen molar-refractivity contribution in [3.63, 3.8) is 0 Å². The molecule has 0 atom stereocenters. The van der Waals surface area contributed by atoms with Gasteiger partial charge in [-0.25, -0.2) is 4.79 Å². The molecule has 0 aromatic carbocycles. The van der Waals surface area contributed by atoms with Crippen LogP contribution < -0.4 is 5.32 Å². The predicted octanol–water partition coefficient (Wildman–Crippen LogP) is 0.922. The van der Waals surface area contributed by atoms with Gasteiger partial charge in [0.1, 0.15) is 5.60 Å². The van der Waals surface area contributed by atoms with Gasteiger partial charge in [-0.15, -0.1) is 20.4 Å². The fourth-order valence-electron chi connectivity index (χ4n) is 0.724. The van der Waals surface area contributed by atoms with Gasteiger partial charge in [0, 0.05) is 0 Å². The van der Waals surface area contributed by atoms with Crippen LogP contribution in [0.4, 0.5) is 10.7 Å². The Morgan fingerprint density at radius 1 is 1.20 bits per heavy atom. The minimum Gasteiger partial charge on any atom is -0.444 e. The summed E-state index contributed by atoms with van der Waals surface area (Å²) >= 11 is 0. The van der Waals surface area contributed by atoms with Crippen molar-refractivity contribution in [3.8, 4) is 0 Å². The number of amides is 1. The van der Waals surface area contributed by atoms with Crippen LogP contribution in [0.1, 0.15) is 26.6 Å². The van der Waals surface area contributed by atoms with Crippen molar-refractivity contribution in [3.05, 3.63) is 5.82 Å². The highest BCUT2D eigenvalue weighted by molar-refractivity contribution is 5.82. The smallest absolute Gasteiger partial charge is 0.414 e. The maximum Gasteiger partial charge on any atom is 0.414 e. The van der Waals surface area contributed by atoms with Gasteiger partial charge in [0.15, 0.2) is 5.82 Å². The van der Waals surface area contributed by atoms with Crippen molar-refractivity contribution in [1.29, 1.82) is 0 Å².